The lowest BCUT2D eigenvalue weighted by Crippen LogP contribution is -2.53. The van der Waals surface area contributed by atoms with E-state index in [0.717, 1.165) is 44.5 Å². The van der Waals surface area contributed by atoms with Crippen LogP contribution < -0.4 is 5.32 Å². The molecule has 8 heteroatoms. The lowest BCUT2D eigenvalue weighted by molar-refractivity contribution is -0.134. The van der Waals surface area contributed by atoms with Gasteiger partial charge >= 0.3 is 0 Å². The van der Waals surface area contributed by atoms with Crippen LogP contribution in [0.25, 0.3) is 0 Å². The second-order valence-corrected chi connectivity index (χ2v) is 13.1. The second kappa shape index (κ2) is 11.1. The maximum atomic E-state index is 13.2. The Morgan fingerprint density at radius 3 is 2.50 bits per heavy atom. The number of nitrogens with zero attached hydrogens (tertiary/aromatic N) is 2. The number of likely N-dealkylation sites (tertiary alicyclic amines) is 1. The summed E-state index contributed by atoms with van der Waals surface area (Å²) < 4.78 is 13.0. The van der Waals surface area contributed by atoms with E-state index in [1.54, 1.807) is 0 Å². The fourth-order valence-corrected chi connectivity index (χ4v) is 8.05. The molecule has 1 unspecified atom stereocenters. The fraction of sp³-hybridized carbons (Fsp3) is 0.536. The maximum absolute atomic E-state index is 13.2. The number of fused-ring (bicyclic) bond motifs is 2. The first kappa shape index (κ1) is 27.6. The molecule has 2 aromatic rings. The van der Waals surface area contributed by atoms with Gasteiger partial charge in [0.25, 0.3) is 0 Å². The third kappa shape index (κ3) is 5.25. The molecule has 2 aliphatic rings. The SMILES string of the molecule is CNC(CCN1CCC2(CC1)c1ccccc1C[S@]2=O)(CN(C)C(=O)C(C)C)c1ccc(Cl)c(Cl)c1. The van der Waals surface area contributed by atoms with E-state index in [4.69, 9.17) is 23.2 Å². The average molecular weight is 551 g/mol. The molecule has 1 fully saturated rings. The third-order valence-electron chi connectivity index (χ3n) is 8.08. The van der Waals surface area contributed by atoms with E-state index in [-0.39, 0.29) is 16.6 Å². The van der Waals surface area contributed by atoms with Crippen molar-refractivity contribution in [2.75, 3.05) is 40.3 Å². The van der Waals surface area contributed by atoms with Crippen molar-refractivity contribution in [3.05, 3.63) is 69.2 Å². The number of benzene rings is 2. The van der Waals surface area contributed by atoms with E-state index in [0.29, 0.717) is 22.3 Å². The summed E-state index contributed by atoms with van der Waals surface area (Å²) in [5.74, 6) is 0.704. The summed E-state index contributed by atoms with van der Waals surface area (Å²) >= 11 is 12.6. The van der Waals surface area contributed by atoms with Crippen LogP contribution in [0, 0.1) is 5.92 Å². The van der Waals surface area contributed by atoms with Gasteiger partial charge in [0.1, 0.15) is 0 Å². The van der Waals surface area contributed by atoms with Crippen molar-refractivity contribution in [3.63, 3.8) is 0 Å². The minimum absolute atomic E-state index is 0.0770. The van der Waals surface area contributed by atoms with Crippen LogP contribution >= 0.6 is 23.2 Å². The number of carbonyl (C=O) groups excluding carboxylic acids is 1. The number of halogens is 2. The number of amides is 1. The van der Waals surface area contributed by atoms with E-state index in [1.165, 1.54) is 11.1 Å². The van der Waals surface area contributed by atoms with Crippen molar-refractivity contribution in [2.24, 2.45) is 5.92 Å². The van der Waals surface area contributed by atoms with Gasteiger partial charge < -0.3 is 15.1 Å². The van der Waals surface area contributed by atoms with E-state index in [2.05, 4.69) is 28.4 Å². The monoisotopic (exact) mass is 549 g/mol. The van der Waals surface area contributed by atoms with Crippen LogP contribution in [0.3, 0.4) is 0 Å². The molecule has 1 saturated heterocycles. The van der Waals surface area contributed by atoms with Crippen molar-refractivity contribution in [3.8, 4) is 0 Å². The molecular weight excluding hydrogens is 513 g/mol. The van der Waals surface area contributed by atoms with Gasteiger partial charge in [0.05, 0.1) is 20.3 Å². The van der Waals surface area contributed by atoms with Crippen LogP contribution in [0.2, 0.25) is 10.0 Å². The molecule has 2 heterocycles. The Labute approximate surface area is 228 Å². The molecule has 2 atom stereocenters. The van der Waals surface area contributed by atoms with Crippen LogP contribution in [0.4, 0.5) is 0 Å². The highest BCUT2D eigenvalue weighted by molar-refractivity contribution is 7.85. The molecule has 5 nitrogen and oxygen atoms in total. The maximum Gasteiger partial charge on any atom is 0.224 e. The molecule has 0 aromatic heterocycles. The summed E-state index contributed by atoms with van der Waals surface area (Å²) in [6.07, 6.45) is 2.60. The lowest BCUT2D eigenvalue weighted by atomic mass is 9.84. The van der Waals surface area contributed by atoms with Crippen molar-refractivity contribution < 1.29 is 9.00 Å². The van der Waals surface area contributed by atoms with Crippen LogP contribution in [0.1, 0.15) is 49.8 Å². The highest BCUT2D eigenvalue weighted by Gasteiger charge is 2.47. The average Bonchev–Trinajstić information content (AvgIpc) is 3.14. The molecule has 1 spiro atoms. The van der Waals surface area contributed by atoms with Crippen LogP contribution in [0.15, 0.2) is 42.5 Å². The smallest absolute Gasteiger partial charge is 0.224 e. The number of rotatable bonds is 8. The number of nitrogens with one attached hydrogen (secondary N) is 1. The van der Waals surface area contributed by atoms with Gasteiger partial charge in [-0.05, 0) is 68.2 Å². The molecule has 4 rings (SSSR count). The number of hydrogen-bond donors (Lipinski definition) is 1. The minimum atomic E-state index is -0.865. The molecule has 0 radical (unpaired) electrons. The normalized spacial score (nSPS) is 20.9. The van der Waals surface area contributed by atoms with Crippen molar-refractivity contribution in [1.29, 1.82) is 0 Å². The highest BCUT2D eigenvalue weighted by Crippen LogP contribution is 2.46. The summed E-state index contributed by atoms with van der Waals surface area (Å²) in [5, 5.41) is 4.57. The largest absolute Gasteiger partial charge is 0.343 e. The molecule has 1 N–H and O–H groups in total. The zero-order valence-electron chi connectivity index (χ0n) is 21.7. The van der Waals surface area contributed by atoms with Crippen molar-refractivity contribution >= 4 is 39.9 Å². The Morgan fingerprint density at radius 2 is 1.86 bits per heavy atom. The van der Waals surface area contributed by atoms with Gasteiger partial charge in [-0.15, -0.1) is 0 Å². The van der Waals surface area contributed by atoms with Gasteiger partial charge in [-0.1, -0.05) is 67.4 Å². The molecule has 0 bridgehead atoms. The van der Waals surface area contributed by atoms with Crippen LogP contribution in [0.5, 0.6) is 0 Å². The van der Waals surface area contributed by atoms with Gasteiger partial charge in [0.2, 0.25) is 5.91 Å². The van der Waals surface area contributed by atoms with Crippen LogP contribution in [-0.4, -0.2) is 60.2 Å². The molecule has 0 aliphatic carbocycles. The van der Waals surface area contributed by atoms with Gasteiger partial charge in [0.15, 0.2) is 0 Å². The van der Waals surface area contributed by atoms with Crippen LogP contribution in [-0.2, 0) is 31.6 Å². The first-order chi connectivity index (χ1) is 17.1. The Kier molecular flexibility index (Phi) is 8.52. The zero-order valence-corrected chi connectivity index (χ0v) is 24.0. The molecule has 1 amide bonds. The summed E-state index contributed by atoms with van der Waals surface area (Å²) in [5.41, 5.74) is 3.07. The predicted molar refractivity (Wildman–Crippen MR) is 150 cm³/mol. The van der Waals surface area contributed by atoms with Crippen molar-refractivity contribution in [2.45, 2.75) is 49.1 Å². The quantitative estimate of drug-likeness (QED) is 0.493. The summed E-state index contributed by atoms with van der Waals surface area (Å²) in [6, 6.07) is 14.2. The van der Waals surface area contributed by atoms with Crippen molar-refractivity contribution in [1.82, 2.24) is 15.1 Å². The zero-order chi connectivity index (χ0) is 26.1. The Balaban J connectivity index is 1.52. The topological polar surface area (TPSA) is 52.7 Å². The number of piperidine rings is 1. The van der Waals surface area contributed by atoms with Gasteiger partial charge in [-0.2, -0.15) is 0 Å². The number of carbonyl (C=O) groups is 1. The third-order valence-corrected chi connectivity index (χ3v) is 10.9. The Hall–Kier alpha value is -1.44. The first-order valence-electron chi connectivity index (χ1n) is 12.7. The van der Waals surface area contributed by atoms with Gasteiger partial charge in [0, 0.05) is 42.6 Å². The van der Waals surface area contributed by atoms with Gasteiger partial charge in [-0.3, -0.25) is 9.00 Å². The second-order valence-electron chi connectivity index (χ2n) is 10.5. The molecule has 2 aromatic carbocycles. The summed E-state index contributed by atoms with van der Waals surface area (Å²) in [7, 11) is 2.94. The molecular formula is C28H37Cl2N3O2S. The summed E-state index contributed by atoms with van der Waals surface area (Å²) in [4.78, 5) is 17.1. The molecule has 36 heavy (non-hydrogen) atoms. The number of hydrogen-bond acceptors (Lipinski definition) is 4. The Bertz CT molecular complexity index is 1130. The summed E-state index contributed by atoms with van der Waals surface area (Å²) in [6.45, 7) is 7.04. The van der Waals surface area contributed by atoms with E-state index in [1.807, 2.05) is 57.1 Å². The van der Waals surface area contributed by atoms with E-state index in [9.17, 15) is 9.00 Å². The number of likely N-dealkylation sites (N-methyl/N-ethyl adjacent to an activating group) is 2. The molecule has 0 saturated carbocycles. The predicted octanol–water partition coefficient (Wildman–Crippen LogP) is 5.17. The molecule has 2 aliphatic heterocycles. The Morgan fingerprint density at radius 1 is 1.17 bits per heavy atom. The highest BCUT2D eigenvalue weighted by atomic mass is 35.5. The van der Waals surface area contributed by atoms with E-state index >= 15 is 0 Å². The standard InChI is InChI=1S/C28H37Cl2N3O2S/c1-20(2)26(34)32(4)19-27(31-3,22-9-10-24(29)25(30)17-22)11-14-33-15-12-28(13-16-33)23-8-6-5-7-21(23)18-36(28)35/h5-10,17,20,31H,11-16,18-19H2,1-4H3/t27?,36-/m1/s1. The minimum Gasteiger partial charge on any atom is -0.343 e. The van der Waals surface area contributed by atoms with E-state index < -0.39 is 16.3 Å². The first-order valence-corrected chi connectivity index (χ1v) is 14.8. The molecule has 196 valence electrons. The lowest BCUT2D eigenvalue weighted by Gasteiger charge is -2.42. The van der Waals surface area contributed by atoms with Gasteiger partial charge in [-0.25, -0.2) is 0 Å². The fourth-order valence-electron chi connectivity index (χ4n) is 5.86.